The second-order valence-electron chi connectivity index (χ2n) is 11.5. The first-order chi connectivity index (χ1) is 19.8. The molecular formula is C30H30F3N5O4. The predicted octanol–water partition coefficient (Wildman–Crippen LogP) is 5.32. The lowest BCUT2D eigenvalue weighted by Crippen LogP contribution is -2.59. The van der Waals surface area contributed by atoms with Gasteiger partial charge in [0.25, 0.3) is 0 Å². The molecule has 220 valence electrons. The van der Waals surface area contributed by atoms with Crippen LogP contribution in [0.5, 0.6) is 11.5 Å². The van der Waals surface area contributed by atoms with Gasteiger partial charge in [0, 0.05) is 48.7 Å². The SMILES string of the molecule is CC(C)(C)N1CC(C(=O)Nc2cc(Oc3cc(F)c(NC(=O)C4(C(=O)Nc5ccc(F)cc5)CC4)cc3F)ccn2)C1. The molecule has 1 saturated carbocycles. The van der Waals surface area contributed by atoms with E-state index in [1.54, 1.807) is 0 Å². The van der Waals surface area contributed by atoms with E-state index in [0.717, 1.165) is 24.3 Å². The zero-order chi connectivity index (χ0) is 30.2. The van der Waals surface area contributed by atoms with Crippen LogP contribution in [0.25, 0.3) is 0 Å². The number of pyridine rings is 1. The van der Waals surface area contributed by atoms with E-state index in [1.807, 2.05) is 0 Å². The smallest absolute Gasteiger partial charge is 0.240 e. The van der Waals surface area contributed by atoms with Crippen molar-refractivity contribution in [1.29, 1.82) is 0 Å². The van der Waals surface area contributed by atoms with E-state index in [2.05, 4.69) is 46.6 Å². The molecule has 0 atom stereocenters. The number of likely N-dealkylation sites (tertiary alicyclic amines) is 1. The van der Waals surface area contributed by atoms with E-state index in [0.29, 0.717) is 18.8 Å². The normalized spacial score (nSPS) is 16.2. The van der Waals surface area contributed by atoms with E-state index in [9.17, 15) is 27.6 Å². The van der Waals surface area contributed by atoms with Gasteiger partial charge in [0.05, 0.1) is 11.6 Å². The van der Waals surface area contributed by atoms with Crippen molar-refractivity contribution >= 4 is 34.9 Å². The summed E-state index contributed by atoms with van der Waals surface area (Å²) in [6.45, 7) is 7.47. The average molecular weight is 582 g/mol. The number of ether oxygens (including phenoxy) is 1. The van der Waals surface area contributed by atoms with Crippen LogP contribution in [-0.2, 0) is 14.4 Å². The number of anilines is 3. The van der Waals surface area contributed by atoms with E-state index < -0.39 is 46.1 Å². The fraction of sp³-hybridized carbons (Fsp3) is 0.333. The maximum Gasteiger partial charge on any atom is 0.240 e. The van der Waals surface area contributed by atoms with Gasteiger partial charge < -0.3 is 20.7 Å². The summed E-state index contributed by atoms with van der Waals surface area (Å²) in [6.07, 6.45) is 1.80. The summed E-state index contributed by atoms with van der Waals surface area (Å²) >= 11 is 0. The van der Waals surface area contributed by atoms with Gasteiger partial charge in [-0.2, -0.15) is 0 Å². The van der Waals surface area contributed by atoms with Gasteiger partial charge in [-0.3, -0.25) is 19.3 Å². The molecule has 2 aliphatic rings. The molecule has 2 fully saturated rings. The lowest BCUT2D eigenvalue weighted by Gasteiger charge is -2.46. The molecule has 3 aromatic rings. The highest BCUT2D eigenvalue weighted by Gasteiger charge is 2.56. The second-order valence-corrected chi connectivity index (χ2v) is 11.5. The first-order valence-electron chi connectivity index (χ1n) is 13.4. The molecule has 12 heteroatoms. The summed E-state index contributed by atoms with van der Waals surface area (Å²) in [5.41, 5.74) is -1.64. The van der Waals surface area contributed by atoms with Crippen molar-refractivity contribution in [3.63, 3.8) is 0 Å². The number of amides is 3. The molecule has 0 unspecified atom stereocenters. The van der Waals surface area contributed by atoms with Crippen molar-refractivity contribution in [3.8, 4) is 11.5 Å². The molecule has 0 bridgehead atoms. The molecule has 3 amide bonds. The summed E-state index contributed by atoms with van der Waals surface area (Å²) in [7, 11) is 0. The molecule has 2 heterocycles. The number of aromatic nitrogens is 1. The Balaban J connectivity index is 1.21. The quantitative estimate of drug-likeness (QED) is 0.311. The first kappa shape index (κ1) is 29.1. The molecule has 1 aliphatic heterocycles. The number of halogens is 3. The number of rotatable bonds is 8. The Labute approximate surface area is 240 Å². The van der Waals surface area contributed by atoms with Crippen molar-refractivity contribution in [3.05, 3.63) is 72.2 Å². The maximum absolute atomic E-state index is 14.9. The van der Waals surface area contributed by atoms with Gasteiger partial charge in [0.15, 0.2) is 17.4 Å². The number of hydrogen-bond acceptors (Lipinski definition) is 6. The van der Waals surface area contributed by atoms with E-state index in [4.69, 9.17) is 4.74 Å². The molecule has 2 aromatic carbocycles. The van der Waals surface area contributed by atoms with E-state index in [1.165, 1.54) is 30.5 Å². The highest BCUT2D eigenvalue weighted by atomic mass is 19.1. The zero-order valence-electron chi connectivity index (χ0n) is 23.3. The summed E-state index contributed by atoms with van der Waals surface area (Å²) < 4.78 is 48.5. The largest absolute Gasteiger partial charge is 0.454 e. The number of carbonyl (C=O) groups is 3. The lowest BCUT2D eigenvalue weighted by molar-refractivity contribution is -0.131. The minimum atomic E-state index is -1.45. The molecule has 0 spiro atoms. The Morgan fingerprint density at radius 3 is 2.21 bits per heavy atom. The van der Waals surface area contributed by atoms with Gasteiger partial charge in [-0.15, -0.1) is 0 Å². The van der Waals surface area contributed by atoms with Gasteiger partial charge in [0.2, 0.25) is 17.7 Å². The topological polar surface area (TPSA) is 113 Å². The fourth-order valence-corrected chi connectivity index (χ4v) is 4.50. The van der Waals surface area contributed by atoms with E-state index in [-0.39, 0.29) is 41.8 Å². The number of nitrogens with zero attached hydrogens (tertiary/aromatic N) is 2. The Morgan fingerprint density at radius 1 is 0.905 bits per heavy atom. The lowest BCUT2D eigenvalue weighted by atomic mass is 9.92. The van der Waals surface area contributed by atoms with Gasteiger partial charge in [-0.05, 0) is 63.9 Å². The number of benzene rings is 2. The molecule has 42 heavy (non-hydrogen) atoms. The molecule has 1 aromatic heterocycles. The van der Waals surface area contributed by atoms with Crippen LogP contribution in [0, 0.1) is 28.8 Å². The predicted molar refractivity (Wildman–Crippen MR) is 149 cm³/mol. The van der Waals surface area contributed by atoms with Gasteiger partial charge in [-0.1, -0.05) is 0 Å². The maximum atomic E-state index is 14.9. The van der Waals surface area contributed by atoms with Crippen molar-refractivity contribution < 1.29 is 32.3 Å². The minimum absolute atomic E-state index is 0.0281. The van der Waals surface area contributed by atoms with Crippen LogP contribution in [0.4, 0.5) is 30.4 Å². The van der Waals surface area contributed by atoms with Crippen molar-refractivity contribution in [2.45, 2.75) is 39.2 Å². The third-order valence-corrected chi connectivity index (χ3v) is 7.40. The third kappa shape index (κ3) is 6.23. The monoisotopic (exact) mass is 581 g/mol. The number of hydrogen-bond donors (Lipinski definition) is 3. The number of carbonyl (C=O) groups excluding carboxylic acids is 3. The van der Waals surface area contributed by atoms with E-state index >= 15 is 0 Å². The Morgan fingerprint density at radius 2 is 1.57 bits per heavy atom. The van der Waals surface area contributed by atoms with Crippen LogP contribution in [0.1, 0.15) is 33.6 Å². The molecule has 1 aliphatic carbocycles. The van der Waals surface area contributed by atoms with Crippen molar-refractivity contribution in [2.75, 3.05) is 29.0 Å². The summed E-state index contributed by atoms with van der Waals surface area (Å²) in [5.74, 6) is -4.38. The van der Waals surface area contributed by atoms with Crippen molar-refractivity contribution in [2.24, 2.45) is 11.3 Å². The van der Waals surface area contributed by atoms with Gasteiger partial charge >= 0.3 is 0 Å². The minimum Gasteiger partial charge on any atom is -0.454 e. The molecule has 1 saturated heterocycles. The third-order valence-electron chi connectivity index (χ3n) is 7.40. The standard InChI is InChI=1S/C30H30F3N5O4/c1-29(2,3)38-15-17(16-38)26(39)37-25-12-20(8-11-34-25)42-24-14-21(32)23(13-22(24)33)36-28(41)30(9-10-30)27(40)35-19-6-4-18(31)5-7-19/h4-8,11-14,17H,9-10,15-16H2,1-3H3,(H,35,40)(H,36,41)(H,34,37,39). The van der Waals surface area contributed by atoms with Crippen LogP contribution in [0.3, 0.4) is 0 Å². The summed E-state index contributed by atoms with van der Waals surface area (Å²) in [6, 6.07) is 9.37. The highest BCUT2D eigenvalue weighted by Crippen LogP contribution is 2.48. The van der Waals surface area contributed by atoms with Crippen LogP contribution >= 0.6 is 0 Å². The fourth-order valence-electron chi connectivity index (χ4n) is 4.50. The van der Waals surface area contributed by atoms with Crippen LogP contribution in [0.2, 0.25) is 0 Å². The van der Waals surface area contributed by atoms with Gasteiger partial charge in [-0.25, -0.2) is 18.2 Å². The summed E-state index contributed by atoms with van der Waals surface area (Å²) in [4.78, 5) is 44.5. The highest BCUT2D eigenvalue weighted by molar-refractivity contribution is 6.17. The average Bonchev–Trinajstić information content (AvgIpc) is 3.69. The van der Waals surface area contributed by atoms with Crippen LogP contribution in [0.15, 0.2) is 54.7 Å². The van der Waals surface area contributed by atoms with Gasteiger partial charge in [0.1, 0.15) is 22.8 Å². The van der Waals surface area contributed by atoms with Crippen LogP contribution < -0.4 is 20.7 Å². The molecule has 9 nitrogen and oxygen atoms in total. The van der Waals surface area contributed by atoms with Crippen molar-refractivity contribution in [1.82, 2.24) is 9.88 Å². The first-order valence-corrected chi connectivity index (χ1v) is 13.4. The Bertz CT molecular complexity index is 1530. The molecule has 0 radical (unpaired) electrons. The molecule has 3 N–H and O–H groups in total. The summed E-state index contributed by atoms with van der Waals surface area (Å²) in [5, 5.41) is 7.57. The Hall–Kier alpha value is -4.45. The number of nitrogens with one attached hydrogen (secondary N) is 3. The molecule has 5 rings (SSSR count). The zero-order valence-corrected chi connectivity index (χ0v) is 23.3. The second kappa shape index (κ2) is 11.1. The van der Waals surface area contributed by atoms with Crippen LogP contribution in [-0.4, -0.2) is 46.2 Å². The Kier molecular flexibility index (Phi) is 7.67. The molecular weight excluding hydrogens is 551 g/mol.